The lowest BCUT2D eigenvalue weighted by atomic mass is 9.90. The van der Waals surface area contributed by atoms with Crippen LogP contribution in [0.25, 0.3) is 16.2 Å². The molecular weight excluding hydrogens is 294 g/mol. The Morgan fingerprint density at radius 3 is 2.68 bits per heavy atom. The first-order chi connectivity index (χ1) is 10.9. The number of imidazole rings is 1. The van der Waals surface area contributed by atoms with E-state index in [9.17, 15) is 5.26 Å². The predicted molar refractivity (Wildman–Crippen MR) is 84.6 cm³/mol. The number of aromatic nitrogens is 4. The average molecular weight is 309 g/mol. The summed E-state index contributed by atoms with van der Waals surface area (Å²) in [7, 11) is 0. The number of hydrogen-bond donors (Lipinski definition) is 0. The fourth-order valence-electron chi connectivity index (χ4n) is 3.09. The Hall–Kier alpha value is -2.26. The number of pyridine rings is 1. The smallest absolute Gasteiger partial charge is 0.214 e. The van der Waals surface area contributed by atoms with Crippen molar-refractivity contribution in [2.45, 2.75) is 38.0 Å². The van der Waals surface area contributed by atoms with Gasteiger partial charge in [-0.3, -0.25) is 4.98 Å². The second kappa shape index (κ2) is 5.50. The summed E-state index contributed by atoms with van der Waals surface area (Å²) in [6.07, 6.45) is 9.72. The summed E-state index contributed by atoms with van der Waals surface area (Å²) in [6, 6.07) is 6.00. The summed E-state index contributed by atoms with van der Waals surface area (Å²) in [5.41, 5.74) is 2.11. The number of nitrogens with zero attached hydrogens (tertiary/aromatic N) is 5. The second-order valence-electron chi connectivity index (χ2n) is 5.63. The minimum absolute atomic E-state index is 0.513. The van der Waals surface area contributed by atoms with E-state index in [4.69, 9.17) is 0 Å². The molecule has 0 radical (unpaired) electrons. The van der Waals surface area contributed by atoms with Crippen LogP contribution in [0.3, 0.4) is 0 Å². The zero-order valence-electron chi connectivity index (χ0n) is 12.1. The minimum Gasteiger partial charge on any atom is -0.265 e. The van der Waals surface area contributed by atoms with Gasteiger partial charge < -0.3 is 0 Å². The lowest BCUT2D eigenvalue weighted by molar-refractivity contribution is 0.439. The molecule has 3 heterocycles. The molecule has 0 aromatic carbocycles. The summed E-state index contributed by atoms with van der Waals surface area (Å²) in [5.74, 6) is 0.538. The van der Waals surface area contributed by atoms with E-state index in [0.717, 1.165) is 15.5 Å². The maximum Gasteiger partial charge on any atom is 0.214 e. The van der Waals surface area contributed by atoms with E-state index in [0.29, 0.717) is 17.3 Å². The second-order valence-corrected chi connectivity index (χ2v) is 6.61. The van der Waals surface area contributed by atoms with Gasteiger partial charge in [0.2, 0.25) is 4.96 Å². The number of nitriles is 1. The third-order valence-corrected chi connectivity index (χ3v) is 5.30. The summed E-state index contributed by atoms with van der Waals surface area (Å²) in [6.45, 7) is 0. The molecule has 3 aromatic heterocycles. The molecule has 1 aliphatic rings. The van der Waals surface area contributed by atoms with E-state index in [1.165, 1.54) is 32.1 Å². The lowest BCUT2D eigenvalue weighted by Crippen LogP contribution is -2.05. The highest BCUT2D eigenvalue weighted by atomic mass is 32.1. The highest BCUT2D eigenvalue weighted by molar-refractivity contribution is 7.16. The molecule has 0 bridgehead atoms. The highest BCUT2D eigenvalue weighted by Crippen LogP contribution is 2.36. The van der Waals surface area contributed by atoms with E-state index in [-0.39, 0.29) is 0 Å². The SMILES string of the molecule is N#Cc1c(-c2ccncc2)nc2sc(C3CCCCC3)nn12. The summed E-state index contributed by atoms with van der Waals surface area (Å²) >= 11 is 1.62. The van der Waals surface area contributed by atoms with E-state index >= 15 is 0 Å². The normalized spacial score (nSPS) is 16.0. The molecule has 0 atom stereocenters. The number of hydrogen-bond acceptors (Lipinski definition) is 5. The Balaban J connectivity index is 1.79. The van der Waals surface area contributed by atoms with Gasteiger partial charge >= 0.3 is 0 Å². The van der Waals surface area contributed by atoms with Gasteiger partial charge in [-0.2, -0.15) is 14.9 Å². The fourth-order valence-corrected chi connectivity index (χ4v) is 4.16. The number of rotatable bonds is 2. The monoisotopic (exact) mass is 309 g/mol. The highest BCUT2D eigenvalue weighted by Gasteiger charge is 2.23. The molecule has 1 saturated carbocycles. The third-order valence-electron chi connectivity index (χ3n) is 4.23. The van der Waals surface area contributed by atoms with Crippen LogP contribution < -0.4 is 0 Å². The molecule has 0 N–H and O–H groups in total. The van der Waals surface area contributed by atoms with Crippen molar-refractivity contribution in [2.75, 3.05) is 0 Å². The molecule has 0 spiro atoms. The van der Waals surface area contributed by atoms with E-state index < -0.39 is 0 Å². The average Bonchev–Trinajstić information content (AvgIpc) is 3.14. The van der Waals surface area contributed by atoms with Crippen molar-refractivity contribution in [2.24, 2.45) is 0 Å². The predicted octanol–water partition coefficient (Wildman–Crippen LogP) is 3.77. The summed E-state index contributed by atoms with van der Waals surface area (Å²) in [5, 5.41) is 15.3. The molecule has 0 saturated heterocycles. The van der Waals surface area contributed by atoms with E-state index in [2.05, 4.69) is 21.1 Å². The lowest BCUT2D eigenvalue weighted by Gasteiger charge is -2.18. The Kier molecular flexibility index (Phi) is 3.35. The van der Waals surface area contributed by atoms with Crippen molar-refractivity contribution < 1.29 is 0 Å². The quantitative estimate of drug-likeness (QED) is 0.722. The van der Waals surface area contributed by atoms with Crippen LogP contribution in [-0.2, 0) is 0 Å². The topological polar surface area (TPSA) is 66.9 Å². The first kappa shape index (κ1) is 13.4. The van der Waals surface area contributed by atoms with Gasteiger partial charge in [-0.25, -0.2) is 4.98 Å². The molecular formula is C16H15N5S. The molecule has 4 rings (SSSR count). The van der Waals surface area contributed by atoms with Crippen molar-refractivity contribution in [3.8, 4) is 17.3 Å². The van der Waals surface area contributed by atoms with Crippen LogP contribution in [0.15, 0.2) is 24.5 Å². The first-order valence-electron chi connectivity index (χ1n) is 7.57. The van der Waals surface area contributed by atoms with E-state index in [1.54, 1.807) is 28.2 Å². The minimum atomic E-state index is 0.513. The molecule has 0 unspecified atom stereocenters. The van der Waals surface area contributed by atoms with E-state index in [1.807, 2.05) is 12.1 Å². The zero-order chi connectivity index (χ0) is 14.9. The standard InChI is InChI=1S/C16H15N5S/c17-10-13-14(11-6-8-18-9-7-11)19-16-21(13)20-15(22-16)12-4-2-1-3-5-12/h6-9,12H,1-5H2. The molecule has 110 valence electrons. The molecule has 3 aromatic rings. The van der Waals surface area contributed by atoms with Crippen LogP contribution in [0.4, 0.5) is 0 Å². The largest absolute Gasteiger partial charge is 0.265 e. The van der Waals surface area contributed by atoms with Crippen molar-refractivity contribution in [1.29, 1.82) is 5.26 Å². The Morgan fingerprint density at radius 1 is 1.18 bits per heavy atom. The van der Waals surface area contributed by atoms with Crippen molar-refractivity contribution >= 4 is 16.3 Å². The molecule has 0 amide bonds. The van der Waals surface area contributed by atoms with Gasteiger partial charge in [0, 0.05) is 23.9 Å². The Labute approximate surface area is 132 Å². The van der Waals surface area contributed by atoms with Gasteiger partial charge in [-0.05, 0) is 25.0 Å². The Bertz CT molecular complexity index is 837. The van der Waals surface area contributed by atoms with Gasteiger partial charge in [-0.1, -0.05) is 30.6 Å². The fraction of sp³-hybridized carbons (Fsp3) is 0.375. The molecule has 0 aliphatic heterocycles. The number of fused-ring (bicyclic) bond motifs is 1. The third kappa shape index (κ3) is 2.18. The van der Waals surface area contributed by atoms with Crippen molar-refractivity contribution in [3.63, 3.8) is 0 Å². The molecule has 1 aliphatic carbocycles. The van der Waals surface area contributed by atoms with Gasteiger partial charge in [0.05, 0.1) is 0 Å². The van der Waals surface area contributed by atoms with Crippen LogP contribution in [0.5, 0.6) is 0 Å². The van der Waals surface area contributed by atoms with Crippen LogP contribution in [0.2, 0.25) is 0 Å². The van der Waals surface area contributed by atoms with Crippen LogP contribution in [0.1, 0.15) is 48.7 Å². The maximum atomic E-state index is 9.52. The Morgan fingerprint density at radius 2 is 1.95 bits per heavy atom. The van der Waals surface area contributed by atoms with Gasteiger partial charge in [0.25, 0.3) is 0 Å². The van der Waals surface area contributed by atoms with Crippen molar-refractivity contribution in [3.05, 3.63) is 35.2 Å². The molecule has 5 nitrogen and oxygen atoms in total. The van der Waals surface area contributed by atoms with Gasteiger partial charge in [-0.15, -0.1) is 0 Å². The summed E-state index contributed by atoms with van der Waals surface area (Å²) in [4.78, 5) is 9.46. The van der Waals surface area contributed by atoms with Gasteiger partial charge in [0.15, 0.2) is 5.69 Å². The van der Waals surface area contributed by atoms with Gasteiger partial charge in [0.1, 0.15) is 16.8 Å². The maximum absolute atomic E-state index is 9.52. The van der Waals surface area contributed by atoms with Crippen molar-refractivity contribution in [1.82, 2.24) is 19.6 Å². The van der Waals surface area contributed by atoms with Crippen LogP contribution in [0, 0.1) is 11.3 Å². The first-order valence-corrected chi connectivity index (χ1v) is 8.38. The zero-order valence-corrected chi connectivity index (χ0v) is 12.9. The van der Waals surface area contributed by atoms with Crippen LogP contribution in [-0.4, -0.2) is 19.6 Å². The van der Waals surface area contributed by atoms with Crippen LogP contribution >= 0.6 is 11.3 Å². The summed E-state index contributed by atoms with van der Waals surface area (Å²) < 4.78 is 1.71. The molecule has 6 heteroatoms. The molecule has 22 heavy (non-hydrogen) atoms. The molecule has 1 fully saturated rings.